The van der Waals surface area contributed by atoms with E-state index in [-0.39, 0.29) is 0 Å². The van der Waals surface area contributed by atoms with Crippen LogP contribution in [0.2, 0.25) is 10.0 Å². The number of nitrogens with zero attached hydrogens (tertiary/aromatic N) is 1. The normalized spacial score (nSPS) is 16.2. The number of aryl methyl sites for hydroxylation is 1. The summed E-state index contributed by atoms with van der Waals surface area (Å²) in [5, 5.41) is 7.97. The molecule has 104 valence electrons. The van der Waals surface area contributed by atoms with Gasteiger partial charge in [0.05, 0.1) is 15.7 Å². The quantitative estimate of drug-likeness (QED) is 0.797. The molecule has 0 bridgehead atoms. The molecule has 3 nitrogen and oxygen atoms in total. The van der Waals surface area contributed by atoms with Gasteiger partial charge in [0, 0.05) is 6.04 Å². The summed E-state index contributed by atoms with van der Waals surface area (Å²) in [6, 6.07) is 2.14. The summed E-state index contributed by atoms with van der Waals surface area (Å²) in [6.07, 6.45) is 6.19. The summed E-state index contributed by atoms with van der Waals surface area (Å²) in [7, 11) is 0. The van der Waals surface area contributed by atoms with Crippen LogP contribution in [0.3, 0.4) is 0 Å². The lowest BCUT2D eigenvalue weighted by atomic mass is 9.96. The maximum Gasteiger partial charge on any atom is 0.172 e. The van der Waals surface area contributed by atoms with Crippen LogP contribution in [0, 0.1) is 6.92 Å². The van der Waals surface area contributed by atoms with E-state index in [9.17, 15) is 0 Å². The molecule has 0 aromatic carbocycles. The first-order chi connectivity index (χ1) is 9.06. The van der Waals surface area contributed by atoms with E-state index in [0.717, 1.165) is 5.69 Å². The molecule has 6 heteroatoms. The Labute approximate surface area is 129 Å². The Bertz CT molecular complexity index is 473. The maximum absolute atomic E-state index is 6.09. The molecule has 1 heterocycles. The topological polar surface area (TPSA) is 37.0 Å². The Balaban J connectivity index is 1.96. The SMILES string of the molecule is Cc1nc(NC(=S)NC2CCCCC2)c(Cl)cc1Cl. The van der Waals surface area contributed by atoms with Crippen molar-refractivity contribution in [3.63, 3.8) is 0 Å². The number of anilines is 1. The number of rotatable bonds is 2. The standard InChI is InChI=1S/C13H17Cl2N3S/c1-8-10(14)7-11(15)12(16-8)18-13(19)17-9-5-3-2-4-6-9/h7,9H,2-6H2,1H3,(H2,16,17,18,19). The Kier molecular flexibility index (Phi) is 5.25. The maximum atomic E-state index is 6.09. The van der Waals surface area contributed by atoms with E-state index in [0.29, 0.717) is 27.0 Å². The van der Waals surface area contributed by atoms with Gasteiger partial charge in [-0.25, -0.2) is 4.98 Å². The van der Waals surface area contributed by atoms with E-state index in [2.05, 4.69) is 15.6 Å². The van der Waals surface area contributed by atoms with Gasteiger partial charge < -0.3 is 10.6 Å². The van der Waals surface area contributed by atoms with Crippen molar-refractivity contribution in [2.24, 2.45) is 0 Å². The Morgan fingerprint density at radius 3 is 2.63 bits per heavy atom. The summed E-state index contributed by atoms with van der Waals surface area (Å²) in [5.41, 5.74) is 0.731. The number of halogens is 2. The molecule has 1 fully saturated rings. The van der Waals surface area contributed by atoms with Gasteiger partial charge in [0.1, 0.15) is 0 Å². The molecule has 1 aromatic rings. The first kappa shape index (κ1) is 14.8. The number of aromatic nitrogens is 1. The van der Waals surface area contributed by atoms with Crippen LogP contribution >= 0.6 is 35.4 Å². The minimum Gasteiger partial charge on any atom is -0.360 e. The van der Waals surface area contributed by atoms with E-state index in [1.54, 1.807) is 6.07 Å². The van der Waals surface area contributed by atoms with Crippen molar-refractivity contribution in [2.75, 3.05) is 5.32 Å². The highest BCUT2D eigenvalue weighted by Crippen LogP contribution is 2.25. The minimum absolute atomic E-state index is 0.459. The molecule has 0 amide bonds. The molecule has 0 atom stereocenters. The lowest BCUT2D eigenvalue weighted by Crippen LogP contribution is -2.39. The summed E-state index contributed by atoms with van der Waals surface area (Å²) >= 11 is 17.3. The van der Waals surface area contributed by atoms with Crippen molar-refractivity contribution >= 4 is 46.4 Å². The van der Waals surface area contributed by atoms with Crippen molar-refractivity contribution in [3.8, 4) is 0 Å². The van der Waals surface area contributed by atoms with Crippen molar-refractivity contribution in [3.05, 3.63) is 21.8 Å². The third-order valence-corrected chi connectivity index (χ3v) is 4.17. The molecule has 1 aliphatic rings. The van der Waals surface area contributed by atoms with Crippen molar-refractivity contribution in [2.45, 2.75) is 45.1 Å². The van der Waals surface area contributed by atoms with Crippen LogP contribution in [0.15, 0.2) is 6.07 Å². The number of hydrogen-bond donors (Lipinski definition) is 2. The Morgan fingerprint density at radius 1 is 1.26 bits per heavy atom. The summed E-state index contributed by atoms with van der Waals surface area (Å²) < 4.78 is 0. The Morgan fingerprint density at radius 2 is 1.95 bits per heavy atom. The lowest BCUT2D eigenvalue weighted by molar-refractivity contribution is 0.415. The molecule has 1 aliphatic carbocycles. The van der Waals surface area contributed by atoms with Gasteiger partial charge in [-0.2, -0.15) is 0 Å². The third kappa shape index (κ3) is 4.20. The number of nitrogens with one attached hydrogen (secondary N) is 2. The highest BCUT2D eigenvalue weighted by Gasteiger charge is 2.15. The fourth-order valence-corrected chi connectivity index (χ4v) is 2.89. The molecule has 0 spiro atoms. The molecule has 0 aliphatic heterocycles. The molecule has 2 rings (SSSR count). The second kappa shape index (κ2) is 6.73. The summed E-state index contributed by atoms with van der Waals surface area (Å²) in [4.78, 5) is 4.30. The van der Waals surface area contributed by atoms with Gasteiger partial charge >= 0.3 is 0 Å². The average Bonchev–Trinajstić information content (AvgIpc) is 2.37. The monoisotopic (exact) mass is 317 g/mol. The van der Waals surface area contributed by atoms with Crippen LogP contribution < -0.4 is 10.6 Å². The molecular weight excluding hydrogens is 301 g/mol. The fraction of sp³-hybridized carbons (Fsp3) is 0.538. The highest BCUT2D eigenvalue weighted by molar-refractivity contribution is 7.80. The zero-order valence-electron chi connectivity index (χ0n) is 10.8. The first-order valence-electron chi connectivity index (χ1n) is 6.46. The van der Waals surface area contributed by atoms with Crippen molar-refractivity contribution in [1.29, 1.82) is 0 Å². The zero-order chi connectivity index (χ0) is 13.8. The molecule has 19 heavy (non-hydrogen) atoms. The second-order valence-electron chi connectivity index (χ2n) is 4.82. The van der Waals surface area contributed by atoms with Gasteiger partial charge in [-0.15, -0.1) is 0 Å². The predicted octanol–water partition coefficient (Wildman–Crippen LogP) is 4.32. The van der Waals surface area contributed by atoms with Gasteiger partial charge in [-0.1, -0.05) is 42.5 Å². The fourth-order valence-electron chi connectivity index (χ4n) is 2.22. The number of hydrogen-bond acceptors (Lipinski definition) is 2. The molecule has 0 unspecified atom stereocenters. The predicted molar refractivity (Wildman–Crippen MR) is 85.2 cm³/mol. The van der Waals surface area contributed by atoms with Crippen molar-refractivity contribution in [1.82, 2.24) is 10.3 Å². The second-order valence-corrected chi connectivity index (χ2v) is 6.04. The largest absolute Gasteiger partial charge is 0.360 e. The van der Waals surface area contributed by atoms with E-state index >= 15 is 0 Å². The molecule has 0 saturated heterocycles. The minimum atomic E-state index is 0.459. The average molecular weight is 318 g/mol. The Hall–Kier alpha value is -0.580. The molecule has 1 saturated carbocycles. The third-order valence-electron chi connectivity index (χ3n) is 3.28. The molecule has 0 radical (unpaired) electrons. The van der Waals surface area contributed by atoms with E-state index < -0.39 is 0 Å². The van der Waals surface area contributed by atoms with Crippen molar-refractivity contribution < 1.29 is 0 Å². The van der Waals surface area contributed by atoms with E-state index in [1.807, 2.05) is 6.92 Å². The summed E-state index contributed by atoms with van der Waals surface area (Å²) in [6.45, 7) is 1.83. The van der Waals surface area contributed by atoms with Gasteiger partial charge in [-0.05, 0) is 38.0 Å². The van der Waals surface area contributed by atoms with Crippen LogP contribution in [-0.4, -0.2) is 16.1 Å². The van der Waals surface area contributed by atoms with Crippen LogP contribution in [0.25, 0.3) is 0 Å². The molecule has 2 N–H and O–H groups in total. The van der Waals surface area contributed by atoms with Crippen LogP contribution in [-0.2, 0) is 0 Å². The zero-order valence-corrected chi connectivity index (χ0v) is 13.1. The van der Waals surface area contributed by atoms with Gasteiger partial charge in [0.25, 0.3) is 0 Å². The molecular formula is C13H17Cl2N3S. The van der Waals surface area contributed by atoms with Crippen LogP contribution in [0.5, 0.6) is 0 Å². The van der Waals surface area contributed by atoms with Gasteiger partial charge in [-0.3, -0.25) is 0 Å². The van der Waals surface area contributed by atoms with Crippen LogP contribution in [0.1, 0.15) is 37.8 Å². The van der Waals surface area contributed by atoms with E-state index in [4.69, 9.17) is 35.4 Å². The first-order valence-corrected chi connectivity index (χ1v) is 7.63. The van der Waals surface area contributed by atoms with Gasteiger partial charge in [0.15, 0.2) is 10.9 Å². The van der Waals surface area contributed by atoms with E-state index in [1.165, 1.54) is 32.1 Å². The van der Waals surface area contributed by atoms with Crippen LogP contribution in [0.4, 0.5) is 5.82 Å². The van der Waals surface area contributed by atoms with Gasteiger partial charge in [0.2, 0.25) is 0 Å². The molecule has 1 aromatic heterocycles. The highest BCUT2D eigenvalue weighted by atomic mass is 35.5. The number of thiocarbonyl (C=S) groups is 1. The summed E-state index contributed by atoms with van der Waals surface area (Å²) in [5.74, 6) is 0.553. The lowest BCUT2D eigenvalue weighted by Gasteiger charge is -2.24. The smallest absolute Gasteiger partial charge is 0.172 e. The number of pyridine rings is 1.